The van der Waals surface area contributed by atoms with Crippen LogP contribution in [0.2, 0.25) is 0 Å². The zero-order valence-corrected chi connectivity index (χ0v) is 10.4. The van der Waals surface area contributed by atoms with Crippen LogP contribution >= 0.6 is 0 Å². The van der Waals surface area contributed by atoms with E-state index >= 15 is 0 Å². The lowest BCUT2D eigenvalue weighted by Crippen LogP contribution is -2.11. The van der Waals surface area contributed by atoms with Crippen LogP contribution < -0.4 is 11.1 Å². The van der Waals surface area contributed by atoms with Gasteiger partial charge in [0.2, 0.25) is 0 Å². The lowest BCUT2D eigenvalue weighted by atomic mass is 10.1. The van der Waals surface area contributed by atoms with Crippen molar-refractivity contribution in [2.45, 2.75) is 13.3 Å². The van der Waals surface area contributed by atoms with Crippen molar-refractivity contribution < 1.29 is 4.42 Å². The molecule has 5 nitrogen and oxygen atoms in total. The summed E-state index contributed by atoms with van der Waals surface area (Å²) in [7, 11) is 1.67. The van der Waals surface area contributed by atoms with Crippen molar-refractivity contribution in [1.82, 2.24) is 4.57 Å². The third kappa shape index (κ3) is 2.23. The predicted octanol–water partition coefficient (Wildman–Crippen LogP) is 2.09. The summed E-state index contributed by atoms with van der Waals surface area (Å²) in [6, 6.07) is 7.72. The number of benzene rings is 1. The topological polar surface area (TPSA) is 71.0 Å². The molecule has 2 rings (SSSR count). The monoisotopic (exact) mass is 245 g/mol. The van der Waals surface area contributed by atoms with Crippen LogP contribution in [0.25, 0.3) is 11.1 Å². The molecule has 0 aliphatic heterocycles. The Balaban J connectivity index is 2.21. The lowest BCUT2D eigenvalue weighted by molar-refractivity contribution is 0.528. The molecule has 1 N–H and O–H groups in total. The van der Waals surface area contributed by atoms with Gasteiger partial charge in [-0.3, -0.25) is 4.57 Å². The highest BCUT2D eigenvalue weighted by atomic mass is 16.4. The van der Waals surface area contributed by atoms with Gasteiger partial charge in [0.15, 0.2) is 5.58 Å². The molecule has 0 aliphatic carbocycles. The molecular weight excluding hydrogens is 230 g/mol. The number of nitrogens with zero attached hydrogens (tertiary/aromatic N) is 2. The molecule has 5 heteroatoms. The third-order valence-corrected chi connectivity index (χ3v) is 3.02. The summed E-state index contributed by atoms with van der Waals surface area (Å²) in [6.45, 7) is 2.57. The molecular formula is C13H15N3O2. The van der Waals surface area contributed by atoms with E-state index in [9.17, 15) is 4.79 Å². The van der Waals surface area contributed by atoms with Gasteiger partial charge in [-0.05, 0) is 18.6 Å². The molecule has 1 heterocycles. The van der Waals surface area contributed by atoms with Crippen molar-refractivity contribution in [2.24, 2.45) is 13.0 Å². The Morgan fingerprint density at radius 1 is 1.56 bits per heavy atom. The van der Waals surface area contributed by atoms with Crippen LogP contribution in [0.15, 0.2) is 27.4 Å². The van der Waals surface area contributed by atoms with Crippen LogP contribution in [0, 0.1) is 17.2 Å². The quantitative estimate of drug-likeness (QED) is 0.895. The van der Waals surface area contributed by atoms with Crippen molar-refractivity contribution in [3.05, 3.63) is 28.7 Å². The molecule has 0 radical (unpaired) electrons. The van der Waals surface area contributed by atoms with Crippen LogP contribution in [0.3, 0.4) is 0 Å². The summed E-state index contributed by atoms with van der Waals surface area (Å²) in [4.78, 5) is 11.3. The van der Waals surface area contributed by atoms with Crippen molar-refractivity contribution >= 4 is 16.8 Å². The van der Waals surface area contributed by atoms with E-state index in [2.05, 4.69) is 11.4 Å². The average Bonchev–Trinajstić information content (AvgIpc) is 2.66. The highest BCUT2D eigenvalue weighted by molar-refractivity contribution is 5.77. The van der Waals surface area contributed by atoms with Gasteiger partial charge in [0.05, 0.1) is 17.5 Å². The van der Waals surface area contributed by atoms with E-state index in [1.807, 2.05) is 19.1 Å². The second-order valence-electron chi connectivity index (χ2n) is 4.22. The molecule has 0 amide bonds. The van der Waals surface area contributed by atoms with Crippen molar-refractivity contribution in [3.8, 4) is 6.07 Å². The molecule has 1 aromatic heterocycles. The normalized spacial score (nSPS) is 12.3. The fourth-order valence-electron chi connectivity index (χ4n) is 1.77. The second-order valence-corrected chi connectivity index (χ2v) is 4.22. The Morgan fingerprint density at radius 3 is 3.00 bits per heavy atom. The summed E-state index contributed by atoms with van der Waals surface area (Å²) in [5.74, 6) is -0.380. The zero-order valence-electron chi connectivity index (χ0n) is 10.4. The lowest BCUT2D eigenvalue weighted by Gasteiger charge is -2.09. The molecule has 0 saturated carbocycles. The van der Waals surface area contributed by atoms with Gasteiger partial charge in [0.25, 0.3) is 0 Å². The van der Waals surface area contributed by atoms with Gasteiger partial charge in [-0.25, -0.2) is 4.79 Å². The van der Waals surface area contributed by atoms with Gasteiger partial charge in [0, 0.05) is 25.3 Å². The Hall–Kier alpha value is -2.22. The average molecular weight is 245 g/mol. The van der Waals surface area contributed by atoms with Crippen LogP contribution in [0.5, 0.6) is 0 Å². The Bertz CT molecular complexity index is 648. The van der Waals surface area contributed by atoms with Crippen LogP contribution in [0.4, 0.5) is 5.69 Å². The minimum absolute atomic E-state index is 0.0107. The minimum Gasteiger partial charge on any atom is -0.408 e. The van der Waals surface area contributed by atoms with Crippen molar-refractivity contribution in [2.75, 3.05) is 11.9 Å². The van der Waals surface area contributed by atoms with Crippen LogP contribution in [-0.2, 0) is 7.05 Å². The highest BCUT2D eigenvalue weighted by Crippen LogP contribution is 2.18. The summed E-state index contributed by atoms with van der Waals surface area (Å²) >= 11 is 0. The largest absolute Gasteiger partial charge is 0.419 e. The number of oxazole rings is 1. The van der Waals surface area contributed by atoms with Gasteiger partial charge in [-0.2, -0.15) is 5.26 Å². The molecule has 18 heavy (non-hydrogen) atoms. The first-order valence-corrected chi connectivity index (χ1v) is 5.88. The molecule has 1 atom stereocenters. The smallest absolute Gasteiger partial charge is 0.408 e. The van der Waals surface area contributed by atoms with Crippen LogP contribution in [-0.4, -0.2) is 11.1 Å². The van der Waals surface area contributed by atoms with E-state index in [-0.39, 0.29) is 11.7 Å². The molecule has 94 valence electrons. The Morgan fingerprint density at radius 2 is 2.33 bits per heavy atom. The van der Waals surface area contributed by atoms with Crippen molar-refractivity contribution in [1.29, 1.82) is 5.26 Å². The SMILES string of the molecule is CCC(C#N)CNc1ccc2c(c1)oc(=O)n2C. The predicted molar refractivity (Wildman–Crippen MR) is 69.3 cm³/mol. The third-order valence-electron chi connectivity index (χ3n) is 3.02. The van der Waals surface area contributed by atoms with E-state index < -0.39 is 0 Å². The van der Waals surface area contributed by atoms with Crippen molar-refractivity contribution in [3.63, 3.8) is 0 Å². The van der Waals surface area contributed by atoms with Gasteiger partial charge < -0.3 is 9.73 Å². The maximum atomic E-state index is 11.3. The maximum absolute atomic E-state index is 11.3. The maximum Gasteiger partial charge on any atom is 0.419 e. The summed E-state index contributed by atoms with van der Waals surface area (Å²) in [6.07, 6.45) is 0.812. The Labute approximate surface area is 105 Å². The number of nitriles is 1. The number of hydrogen-bond donors (Lipinski definition) is 1. The number of anilines is 1. The number of nitrogens with one attached hydrogen (secondary N) is 1. The molecule has 1 aromatic carbocycles. The Kier molecular flexibility index (Phi) is 3.38. The first kappa shape index (κ1) is 12.2. The van der Waals surface area contributed by atoms with Gasteiger partial charge in [0.1, 0.15) is 0 Å². The van der Waals surface area contributed by atoms with E-state index in [1.54, 1.807) is 13.1 Å². The molecule has 0 saturated heterocycles. The summed E-state index contributed by atoms with van der Waals surface area (Å²) < 4.78 is 6.56. The van der Waals surface area contributed by atoms with E-state index in [1.165, 1.54) is 4.57 Å². The second kappa shape index (κ2) is 4.96. The molecule has 0 bridgehead atoms. The first-order chi connectivity index (χ1) is 8.65. The van der Waals surface area contributed by atoms with Gasteiger partial charge in [-0.1, -0.05) is 6.92 Å². The summed E-state index contributed by atoms with van der Waals surface area (Å²) in [5, 5.41) is 12.0. The number of fused-ring (bicyclic) bond motifs is 1. The fourth-order valence-corrected chi connectivity index (χ4v) is 1.77. The molecule has 2 aromatic rings. The van der Waals surface area contributed by atoms with E-state index in [0.29, 0.717) is 12.1 Å². The molecule has 0 spiro atoms. The number of aromatic nitrogens is 1. The standard InChI is InChI=1S/C13H15N3O2/c1-3-9(7-14)8-15-10-4-5-11-12(6-10)18-13(17)16(11)2/h4-6,9,15H,3,8H2,1-2H3. The zero-order chi connectivity index (χ0) is 13.1. The van der Waals surface area contributed by atoms with E-state index in [0.717, 1.165) is 17.6 Å². The van der Waals surface area contributed by atoms with Gasteiger partial charge >= 0.3 is 5.76 Å². The minimum atomic E-state index is -0.370. The first-order valence-electron chi connectivity index (χ1n) is 5.88. The molecule has 0 fully saturated rings. The van der Waals surface area contributed by atoms with E-state index in [4.69, 9.17) is 9.68 Å². The number of rotatable bonds is 4. The molecule has 0 aliphatic rings. The molecule has 1 unspecified atom stereocenters. The fraction of sp³-hybridized carbons (Fsp3) is 0.385. The number of hydrogen-bond acceptors (Lipinski definition) is 4. The highest BCUT2D eigenvalue weighted by Gasteiger charge is 2.07. The summed E-state index contributed by atoms with van der Waals surface area (Å²) in [5.41, 5.74) is 2.17. The van der Waals surface area contributed by atoms with Crippen LogP contribution in [0.1, 0.15) is 13.3 Å². The number of aryl methyl sites for hydroxylation is 1. The van der Waals surface area contributed by atoms with Gasteiger partial charge in [-0.15, -0.1) is 0 Å².